The Morgan fingerprint density at radius 1 is 0.882 bits per heavy atom. The van der Waals surface area contributed by atoms with Crippen molar-refractivity contribution >= 4 is 28.1 Å². The van der Waals surface area contributed by atoms with Crippen molar-refractivity contribution in [1.29, 1.82) is 0 Å². The molecule has 0 aliphatic heterocycles. The highest BCUT2D eigenvalue weighted by molar-refractivity contribution is 7.89. The van der Waals surface area contributed by atoms with Crippen LogP contribution in [0.4, 0.5) is 0 Å². The molecule has 0 fully saturated rings. The molecule has 1 heterocycles. The van der Waals surface area contributed by atoms with Gasteiger partial charge in [-0.25, -0.2) is 13.2 Å². The standard InChI is InChI=1S/C26H28N2O5S/c1-4-28(5-2)34(30,31)23-12-10-22(11-13-23)26(29)33-24-14-9-21(19-25(24)32-6-3)8-7-20-15-17-27-18-16-20/h7-19H,4-6H2,1-3H3/b8-7+. The number of hydrogen-bond donors (Lipinski definition) is 0. The maximum atomic E-state index is 12.7. The molecule has 0 atom stereocenters. The lowest BCUT2D eigenvalue weighted by Crippen LogP contribution is -2.30. The first-order valence-corrected chi connectivity index (χ1v) is 12.5. The average molecular weight is 481 g/mol. The number of carbonyl (C=O) groups is 1. The molecule has 1 aromatic heterocycles. The van der Waals surface area contributed by atoms with Crippen LogP contribution in [-0.2, 0) is 10.0 Å². The summed E-state index contributed by atoms with van der Waals surface area (Å²) in [5.41, 5.74) is 2.13. The van der Waals surface area contributed by atoms with E-state index in [0.29, 0.717) is 25.4 Å². The number of carbonyl (C=O) groups excluding carboxylic acids is 1. The summed E-state index contributed by atoms with van der Waals surface area (Å²) >= 11 is 0. The maximum Gasteiger partial charge on any atom is 0.343 e. The highest BCUT2D eigenvalue weighted by Crippen LogP contribution is 2.30. The third-order valence-electron chi connectivity index (χ3n) is 5.08. The maximum absolute atomic E-state index is 12.7. The third-order valence-corrected chi connectivity index (χ3v) is 7.14. The molecule has 3 aromatic rings. The molecule has 0 aliphatic carbocycles. The topological polar surface area (TPSA) is 85.8 Å². The van der Waals surface area contributed by atoms with Crippen molar-refractivity contribution in [2.45, 2.75) is 25.7 Å². The largest absolute Gasteiger partial charge is 0.490 e. The lowest BCUT2D eigenvalue weighted by Gasteiger charge is -2.18. The van der Waals surface area contributed by atoms with Gasteiger partial charge in [0.2, 0.25) is 10.0 Å². The zero-order valence-electron chi connectivity index (χ0n) is 19.5. The monoisotopic (exact) mass is 480 g/mol. The molecule has 8 heteroatoms. The van der Waals surface area contributed by atoms with Crippen LogP contribution in [0.2, 0.25) is 0 Å². The van der Waals surface area contributed by atoms with E-state index >= 15 is 0 Å². The van der Waals surface area contributed by atoms with Crippen molar-refractivity contribution in [2.75, 3.05) is 19.7 Å². The predicted octanol–water partition coefficient (Wildman–Crippen LogP) is 4.90. The van der Waals surface area contributed by atoms with Gasteiger partial charge in [-0.1, -0.05) is 32.1 Å². The number of benzene rings is 2. The minimum Gasteiger partial charge on any atom is -0.490 e. The molecule has 0 saturated heterocycles. The zero-order valence-corrected chi connectivity index (χ0v) is 20.3. The van der Waals surface area contributed by atoms with Crippen LogP contribution < -0.4 is 9.47 Å². The fourth-order valence-corrected chi connectivity index (χ4v) is 4.74. The quantitative estimate of drug-likeness (QED) is 0.303. The number of sulfonamides is 1. The molecule has 3 rings (SSSR count). The minimum atomic E-state index is -3.60. The van der Waals surface area contributed by atoms with Crippen molar-refractivity contribution in [3.8, 4) is 11.5 Å². The summed E-state index contributed by atoms with van der Waals surface area (Å²) in [5.74, 6) is 0.119. The summed E-state index contributed by atoms with van der Waals surface area (Å²) in [6, 6.07) is 14.8. The van der Waals surface area contributed by atoms with Gasteiger partial charge < -0.3 is 9.47 Å². The van der Waals surface area contributed by atoms with Crippen LogP contribution in [0.25, 0.3) is 12.2 Å². The van der Waals surface area contributed by atoms with Crippen LogP contribution in [-0.4, -0.2) is 43.4 Å². The number of nitrogens with zero attached hydrogens (tertiary/aromatic N) is 2. The first-order valence-electron chi connectivity index (χ1n) is 11.1. The molecule has 0 aliphatic rings. The van der Waals surface area contributed by atoms with Crippen LogP contribution in [0.3, 0.4) is 0 Å². The first-order chi connectivity index (χ1) is 16.4. The van der Waals surface area contributed by atoms with Crippen molar-refractivity contribution in [3.05, 3.63) is 83.7 Å². The summed E-state index contributed by atoms with van der Waals surface area (Å²) in [4.78, 5) is 16.8. The number of aromatic nitrogens is 1. The average Bonchev–Trinajstić information content (AvgIpc) is 2.85. The number of rotatable bonds is 10. The van der Waals surface area contributed by atoms with Gasteiger partial charge in [-0.2, -0.15) is 4.31 Å². The molecule has 34 heavy (non-hydrogen) atoms. The van der Waals surface area contributed by atoms with Crippen LogP contribution in [0.15, 0.2) is 71.9 Å². The SMILES string of the molecule is CCOc1cc(/C=C/c2ccncc2)ccc1OC(=O)c1ccc(S(=O)(=O)N(CC)CC)cc1. The van der Waals surface area contributed by atoms with Gasteiger partial charge in [0, 0.05) is 25.5 Å². The number of ether oxygens (including phenoxy) is 2. The van der Waals surface area contributed by atoms with Crippen molar-refractivity contribution in [3.63, 3.8) is 0 Å². The second-order valence-corrected chi connectivity index (χ2v) is 9.19. The van der Waals surface area contributed by atoms with Crippen LogP contribution in [0.5, 0.6) is 11.5 Å². The molecule has 0 spiro atoms. The Balaban J connectivity index is 1.77. The molecule has 0 N–H and O–H groups in total. The van der Waals surface area contributed by atoms with E-state index in [9.17, 15) is 13.2 Å². The highest BCUT2D eigenvalue weighted by atomic mass is 32.2. The first kappa shape index (κ1) is 25.1. The fourth-order valence-electron chi connectivity index (χ4n) is 3.28. The molecule has 178 valence electrons. The van der Waals surface area contributed by atoms with Gasteiger partial charge in [-0.05, 0) is 66.6 Å². The van der Waals surface area contributed by atoms with E-state index in [4.69, 9.17) is 9.47 Å². The Hall–Kier alpha value is -3.49. The van der Waals surface area contributed by atoms with Gasteiger partial charge in [0.05, 0.1) is 17.1 Å². The van der Waals surface area contributed by atoms with Crippen LogP contribution >= 0.6 is 0 Å². The Labute approximate surface area is 200 Å². The summed E-state index contributed by atoms with van der Waals surface area (Å²) < 4.78 is 37.9. The molecule has 0 amide bonds. The molecule has 0 bridgehead atoms. The van der Waals surface area contributed by atoms with Crippen LogP contribution in [0, 0.1) is 0 Å². The van der Waals surface area contributed by atoms with Crippen molar-refractivity contribution < 1.29 is 22.7 Å². The molecular formula is C26H28N2O5S. The minimum absolute atomic E-state index is 0.132. The third kappa shape index (κ3) is 6.09. The molecule has 2 aromatic carbocycles. The molecular weight excluding hydrogens is 452 g/mol. The predicted molar refractivity (Wildman–Crippen MR) is 132 cm³/mol. The number of hydrogen-bond acceptors (Lipinski definition) is 6. The van der Waals surface area contributed by atoms with E-state index in [-0.39, 0.29) is 16.2 Å². The van der Waals surface area contributed by atoms with Gasteiger partial charge >= 0.3 is 5.97 Å². The highest BCUT2D eigenvalue weighted by Gasteiger charge is 2.22. The van der Waals surface area contributed by atoms with Crippen molar-refractivity contribution in [1.82, 2.24) is 9.29 Å². The molecule has 0 radical (unpaired) electrons. The van der Waals surface area contributed by atoms with Gasteiger partial charge in [0.1, 0.15) is 0 Å². The Kier molecular flexibility index (Phi) is 8.56. The van der Waals surface area contributed by atoms with Gasteiger partial charge in [0.25, 0.3) is 0 Å². The second kappa shape index (κ2) is 11.6. The lowest BCUT2D eigenvalue weighted by molar-refractivity contribution is 0.0728. The van der Waals surface area contributed by atoms with Gasteiger partial charge in [0.15, 0.2) is 11.5 Å². The van der Waals surface area contributed by atoms with Crippen molar-refractivity contribution in [2.24, 2.45) is 0 Å². The normalized spacial score (nSPS) is 11.6. The summed E-state index contributed by atoms with van der Waals surface area (Å²) in [7, 11) is -3.60. The number of esters is 1. The van der Waals surface area contributed by atoms with E-state index < -0.39 is 16.0 Å². The fraction of sp³-hybridized carbons (Fsp3) is 0.231. The summed E-state index contributed by atoms with van der Waals surface area (Å²) in [5, 5.41) is 0. The Morgan fingerprint density at radius 3 is 2.15 bits per heavy atom. The summed E-state index contributed by atoms with van der Waals surface area (Å²) in [6.45, 7) is 6.55. The lowest BCUT2D eigenvalue weighted by atomic mass is 10.1. The van der Waals surface area contributed by atoms with E-state index in [1.807, 2.05) is 37.3 Å². The molecule has 0 saturated carbocycles. The Bertz CT molecular complexity index is 1240. The van der Waals surface area contributed by atoms with Gasteiger partial charge in [-0.15, -0.1) is 0 Å². The molecule has 7 nitrogen and oxygen atoms in total. The van der Waals surface area contributed by atoms with Gasteiger partial charge in [-0.3, -0.25) is 4.98 Å². The zero-order chi connectivity index (χ0) is 24.6. The van der Waals surface area contributed by atoms with Crippen LogP contribution in [0.1, 0.15) is 42.3 Å². The second-order valence-electron chi connectivity index (χ2n) is 7.26. The summed E-state index contributed by atoms with van der Waals surface area (Å²) in [6.07, 6.45) is 7.32. The Morgan fingerprint density at radius 2 is 1.53 bits per heavy atom. The van der Waals surface area contributed by atoms with E-state index in [1.165, 1.54) is 28.6 Å². The van der Waals surface area contributed by atoms with E-state index in [2.05, 4.69) is 4.98 Å². The van der Waals surface area contributed by atoms with E-state index in [1.54, 1.807) is 38.4 Å². The smallest absolute Gasteiger partial charge is 0.343 e. The number of pyridine rings is 1. The van der Waals surface area contributed by atoms with E-state index in [0.717, 1.165) is 11.1 Å². The molecule has 0 unspecified atom stereocenters.